The van der Waals surface area contributed by atoms with Gasteiger partial charge in [0.05, 0.1) is 12.1 Å². The minimum atomic E-state index is -2.49. The first kappa shape index (κ1) is 13.4. The summed E-state index contributed by atoms with van der Waals surface area (Å²) in [6.45, 7) is 5.70. The van der Waals surface area contributed by atoms with Gasteiger partial charge in [0, 0.05) is 26.5 Å². The molecule has 0 aromatic carbocycles. The van der Waals surface area contributed by atoms with Gasteiger partial charge in [-0.1, -0.05) is 6.08 Å². The van der Waals surface area contributed by atoms with Crippen LogP contribution >= 0.6 is 7.37 Å². The van der Waals surface area contributed by atoms with Crippen LogP contribution in [0.3, 0.4) is 0 Å². The Kier molecular flexibility index (Phi) is 6.48. The molecule has 0 rings (SSSR count). The van der Waals surface area contributed by atoms with Gasteiger partial charge in [0.2, 0.25) is 0 Å². The van der Waals surface area contributed by atoms with Crippen LogP contribution in [-0.2, 0) is 9.09 Å². The van der Waals surface area contributed by atoms with Crippen LogP contribution in [0.15, 0.2) is 12.7 Å². The van der Waals surface area contributed by atoms with Crippen molar-refractivity contribution in [3.8, 4) is 6.07 Å². The monoisotopic (exact) mass is 216 g/mol. The maximum Gasteiger partial charge on any atom is 0.200 e. The molecule has 2 atom stereocenters. The van der Waals surface area contributed by atoms with E-state index in [0.717, 1.165) is 0 Å². The molecule has 0 amide bonds. The first-order chi connectivity index (χ1) is 6.55. The number of nitriles is 1. The van der Waals surface area contributed by atoms with Crippen LogP contribution < -0.4 is 5.32 Å². The van der Waals surface area contributed by atoms with Gasteiger partial charge in [-0.15, -0.1) is 6.58 Å². The van der Waals surface area contributed by atoms with E-state index in [1.165, 1.54) is 7.11 Å². The second-order valence-electron chi connectivity index (χ2n) is 3.09. The second-order valence-corrected chi connectivity index (χ2v) is 5.93. The van der Waals surface area contributed by atoms with E-state index < -0.39 is 7.37 Å². The van der Waals surface area contributed by atoms with Crippen LogP contribution in [0.5, 0.6) is 0 Å². The lowest BCUT2D eigenvalue weighted by molar-refractivity contribution is 0.396. The first-order valence-corrected chi connectivity index (χ1v) is 6.67. The van der Waals surface area contributed by atoms with Crippen LogP contribution in [0.4, 0.5) is 0 Å². The maximum absolute atomic E-state index is 11.5. The second kappa shape index (κ2) is 6.78. The molecule has 0 radical (unpaired) electrons. The summed E-state index contributed by atoms with van der Waals surface area (Å²) in [5.74, 6) is 0. The Morgan fingerprint density at radius 2 is 2.43 bits per heavy atom. The summed E-state index contributed by atoms with van der Waals surface area (Å²) in [5, 5.41) is 11.7. The van der Waals surface area contributed by atoms with Crippen molar-refractivity contribution >= 4 is 7.37 Å². The molecule has 0 bridgehead atoms. The molecule has 0 saturated heterocycles. The number of nitrogens with zero attached hydrogens (tertiary/aromatic N) is 1. The van der Waals surface area contributed by atoms with E-state index in [-0.39, 0.29) is 6.04 Å². The van der Waals surface area contributed by atoms with Gasteiger partial charge in [-0.05, 0) is 6.42 Å². The molecule has 80 valence electrons. The zero-order valence-electron chi connectivity index (χ0n) is 8.69. The van der Waals surface area contributed by atoms with Crippen molar-refractivity contribution in [1.82, 2.24) is 5.32 Å². The van der Waals surface area contributed by atoms with Gasteiger partial charge in [0.25, 0.3) is 0 Å². The quantitative estimate of drug-likeness (QED) is 0.518. The smallest absolute Gasteiger partial charge is 0.200 e. The molecule has 0 aliphatic carbocycles. The van der Waals surface area contributed by atoms with Gasteiger partial charge in [0.15, 0.2) is 7.37 Å². The minimum absolute atomic E-state index is 0.281. The van der Waals surface area contributed by atoms with Gasteiger partial charge in [-0.25, -0.2) is 0 Å². The Morgan fingerprint density at radius 3 is 2.86 bits per heavy atom. The van der Waals surface area contributed by atoms with E-state index in [9.17, 15) is 4.57 Å². The normalized spacial score (nSPS) is 16.6. The summed E-state index contributed by atoms with van der Waals surface area (Å²) in [5.41, 5.74) is 0. The average molecular weight is 216 g/mol. The number of hydrogen-bond acceptors (Lipinski definition) is 4. The number of nitrogens with one attached hydrogen (secondary N) is 1. The summed E-state index contributed by atoms with van der Waals surface area (Å²) in [4.78, 5) is 0. The van der Waals surface area contributed by atoms with E-state index >= 15 is 0 Å². The van der Waals surface area contributed by atoms with Gasteiger partial charge < -0.3 is 4.52 Å². The SMILES string of the molecule is C=CCNC(C#N)CCP(C)(=O)OC. The zero-order valence-corrected chi connectivity index (χ0v) is 9.59. The fourth-order valence-corrected chi connectivity index (χ4v) is 1.80. The third-order valence-electron chi connectivity index (χ3n) is 1.87. The number of hydrogen-bond donors (Lipinski definition) is 1. The molecule has 4 nitrogen and oxygen atoms in total. The highest BCUT2D eigenvalue weighted by atomic mass is 31.2. The van der Waals surface area contributed by atoms with Gasteiger partial charge >= 0.3 is 0 Å². The molecule has 5 heteroatoms. The molecule has 0 heterocycles. The summed E-state index contributed by atoms with van der Waals surface area (Å²) in [6.07, 6.45) is 2.64. The zero-order chi connectivity index (χ0) is 11.0. The Labute approximate surface area is 85.4 Å². The summed E-state index contributed by atoms with van der Waals surface area (Å²) >= 11 is 0. The van der Waals surface area contributed by atoms with E-state index in [0.29, 0.717) is 19.1 Å². The van der Waals surface area contributed by atoms with Gasteiger partial charge in [-0.3, -0.25) is 9.88 Å². The van der Waals surface area contributed by atoms with E-state index in [1.54, 1.807) is 12.7 Å². The minimum Gasteiger partial charge on any atom is -0.332 e. The van der Waals surface area contributed by atoms with Crippen LogP contribution in [0, 0.1) is 11.3 Å². The Balaban J connectivity index is 3.91. The molecule has 0 aliphatic rings. The standard InChI is InChI=1S/C9H17N2O2P/c1-4-6-11-9(8-10)5-7-14(3,12)13-2/h4,9,11H,1,5-7H2,2-3H3. The highest BCUT2D eigenvalue weighted by molar-refractivity contribution is 7.58. The Bertz CT molecular complexity index is 260. The van der Waals surface area contributed by atoms with Crippen LogP contribution in [0.2, 0.25) is 0 Å². The Morgan fingerprint density at radius 1 is 1.79 bits per heavy atom. The predicted molar refractivity (Wildman–Crippen MR) is 57.6 cm³/mol. The third-order valence-corrected chi connectivity index (χ3v) is 3.72. The summed E-state index contributed by atoms with van der Waals surface area (Å²) in [6, 6.07) is 1.82. The molecule has 0 aromatic heterocycles. The molecule has 1 N–H and O–H groups in total. The van der Waals surface area contributed by atoms with E-state index in [4.69, 9.17) is 9.79 Å². The first-order valence-electron chi connectivity index (χ1n) is 4.42. The van der Waals surface area contributed by atoms with Gasteiger partial charge in [0.1, 0.15) is 0 Å². The lowest BCUT2D eigenvalue weighted by Crippen LogP contribution is -2.28. The van der Waals surface area contributed by atoms with E-state index in [2.05, 4.69) is 18.0 Å². The fraction of sp³-hybridized carbons (Fsp3) is 0.667. The molecule has 0 fully saturated rings. The molecular weight excluding hydrogens is 199 g/mol. The molecule has 0 aromatic rings. The lowest BCUT2D eigenvalue weighted by atomic mass is 10.2. The molecule has 14 heavy (non-hydrogen) atoms. The van der Waals surface area contributed by atoms with Crippen LogP contribution in [0.25, 0.3) is 0 Å². The van der Waals surface area contributed by atoms with Crippen LogP contribution in [-0.4, -0.2) is 32.5 Å². The van der Waals surface area contributed by atoms with Gasteiger partial charge in [-0.2, -0.15) is 5.26 Å². The largest absolute Gasteiger partial charge is 0.332 e. The van der Waals surface area contributed by atoms with Crippen molar-refractivity contribution in [1.29, 1.82) is 5.26 Å². The summed E-state index contributed by atoms with van der Waals surface area (Å²) < 4.78 is 16.3. The maximum atomic E-state index is 11.5. The van der Waals surface area contributed by atoms with Crippen molar-refractivity contribution in [2.75, 3.05) is 26.5 Å². The fourth-order valence-electron chi connectivity index (χ4n) is 0.893. The third kappa shape index (κ3) is 5.93. The van der Waals surface area contributed by atoms with Crippen molar-refractivity contribution in [3.63, 3.8) is 0 Å². The highest BCUT2D eigenvalue weighted by Gasteiger charge is 2.16. The molecule has 2 unspecified atom stereocenters. The number of rotatable bonds is 7. The molecule has 0 aliphatic heterocycles. The summed E-state index contributed by atoms with van der Waals surface area (Å²) in [7, 11) is -1.06. The molecule has 0 saturated carbocycles. The lowest BCUT2D eigenvalue weighted by Gasteiger charge is -2.13. The highest BCUT2D eigenvalue weighted by Crippen LogP contribution is 2.41. The Hall–Kier alpha value is -0.620. The van der Waals surface area contributed by atoms with Crippen LogP contribution in [0.1, 0.15) is 6.42 Å². The topological polar surface area (TPSA) is 62.1 Å². The van der Waals surface area contributed by atoms with Crippen molar-refractivity contribution in [2.45, 2.75) is 12.5 Å². The van der Waals surface area contributed by atoms with Crippen molar-refractivity contribution in [3.05, 3.63) is 12.7 Å². The van der Waals surface area contributed by atoms with Crippen molar-refractivity contribution in [2.24, 2.45) is 0 Å². The molecular formula is C9H17N2O2P. The average Bonchev–Trinajstić information content (AvgIpc) is 2.18. The van der Waals surface area contributed by atoms with Crippen molar-refractivity contribution < 1.29 is 9.09 Å². The van der Waals surface area contributed by atoms with E-state index in [1.807, 2.05) is 0 Å². The molecule has 0 spiro atoms. The predicted octanol–water partition coefficient (Wildman–Crippen LogP) is 1.60.